The molecule has 0 unspecified atom stereocenters. The lowest BCUT2D eigenvalue weighted by Gasteiger charge is -2.03. The maximum Gasteiger partial charge on any atom is 0.325 e. The molecule has 6 heteroatoms. The zero-order chi connectivity index (χ0) is 11.3. The molecule has 0 aliphatic rings. The van der Waals surface area contributed by atoms with Crippen molar-refractivity contribution in [2.24, 2.45) is 0 Å². The second kappa shape index (κ2) is 5.04. The molecule has 1 rings (SSSR count). The van der Waals surface area contributed by atoms with Gasteiger partial charge in [-0.3, -0.25) is 9.59 Å². The maximum absolute atomic E-state index is 12.6. The molecule has 1 heterocycles. The summed E-state index contributed by atoms with van der Waals surface area (Å²) in [5, 5.41) is 2.27. The van der Waals surface area contributed by atoms with E-state index in [1.807, 2.05) is 0 Å². The number of hydrogen-bond donors (Lipinski definition) is 1. The molecule has 1 aromatic heterocycles. The fourth-order valence-electron chi connectivity index (χ4n) is 0.870. The van der Waals surface area contributed by atoms with Crippen molar-refractivity contribution in [2.75, 3.05) is 13.7 Å². The van der Waals surface area contributed by atoms with Gasteiger partial charge in [0.15, 0.2) is 0 Å². The lowest BCUT2D eigenvalue weighted by molar-refractivity contribution is -0.139. The standard InChI is InChI=1S/C9H9FN2O3/c1-15-8(13)5-12-9(14)6-2-3-11-7(10)4-6/h2-4H,5H2,1H3,(H,12,14). The summed E-state index contributed by atoms with van der Waals surface area (Å²) in [6, 6.07) is 2.32. The van der Waals surface area contributed by atoms with Gasteiger partial charge in [-0.05, 0) is 6.07 Å². The summed E-state index contributed by atoms with van der Waals surface area (Å²) in [7, 11) is 1.21. The zero-order valence-corrected chi connectivity index (χ0v) is 7.99. The molecule has 0 fully saturated rings. The minimum absolute atomic E-state index is 0.103. The Labute approximate surface area is 85.3 Å². The fourth-order valence-corrected chi connectivity index (χ4v) is 0.870. The van der Waals surface area contributed by atoms with E-state index in [2.05, 4.69) is 15.0 Å². The van der Waals surface area contributed by atoms with E-state index in [-0.39, 0.29) is 12.1 Å². The van der Waals surface area contributed by atoms with E-state index in [0.717, 1.165) is 6.07 Å². The molecule has 0 aromatic carbocycles. The zero-order valence-electron chi connectivity index (χ0n) is 7.99. The number of pyridine rings is 1. The molecule has 1 N–H and O–H groups in total. The molecule has 0 atom stereocenters. The Morgan fingerprint density at radius 2 is 2.33 bits per heavy atom. The average Bonchev–Trinajstić information content (AvgIpc) is 2.25. The first-order chi connectivity index (χ1) is 7.13. The lowest BCUT2D eigenvalue weighted by Crippen LogP contribution is -2.30. The van der Waals surface area contributed by atoms with Gasteiger partial charge in [0.25, 0.3) is 5.91 Å². The van der Waals surface area contributed by atoms with Crippen molar-refractivity contribution >= 4 is 11.9 Å². The van der Waals surface area contributed by atoms with Crippen LogP contribution in [-0.2, 0) is 9.53 Å². The highest BCUT2D eigenvalue weighted by Gasteiger charge is 2.08. The largest absolute Gasteiger partial charge is 0.468 e. The van der Waals surface area contributed by atoms with Crippen molar-refractivity contribution in [3.05, 3.63) is 29.8 Å². The highest BCUT2D eigenvalue weighted by atomic mass is 19.1. The summed E-state index contributed by atoms with van der Waals surface area (Å²) in [5.74, 6) is -1.87. The maximum atomic E-state index is 12.6. The average molecular weight is 212 g/mol. The topological polar surface area (TPSA) is 68.3 Å². The molecular formula is C9H9FN2O3. The van der Waals surface area contributed by atoms with Crippen LogP contribution in [0.4, 0.5) is 4.39 Å². The monoisotopic (exact) mass is 212 g/mol. The van der Waals surface area contributed by atoms with E-state index < -0.39 is 17.8 Å². The Hall–Kier alpha value is -1.98. The molecule has 5 nitrogen and oxygen atoms in total. The number of nitrogens with zero attached hydrogens (tertiary/aromatic N) is 1. The minimum atomic E-state index is -0.749. The number of nitrogens with one attached hydrogen (secondary N) is 1. The molecule has 0 aliphatic heterocycles. The van der Waals surface area contributed by atoms with E-state index in [9.17, 15) is 14.0 Å². The van der Waals surface area contributed by atoms with Crippen LogP contribution in [0.25, 0.3) is 0 Å². The van der Waals surface area contributed by atoms with Crippen LogP contribution in [0.15, 0.2) is 18.3 Å². The first kappa shape index (κ1) is 11.1. The number of methoxy groups -OCH3 is 1. The number of aromatic nitrogens is 1. The molecule has 1 amide bonds. The molecule has 1 aromatic rings. The first-order valence-corrected chi connectivity index (χ1v) is 4.10. The number of amides is 1. The van der Waals surface area contributed by atoms with Gasteiger partial charge in [0.1, 0.15) is 6.54 Å². The van der Waals surface area contributed by atoms with Gasteiger partial charge < -0.3 is 10.1 Å². The molecule has 80 valence electrons. The summed E-state index contributed by atoms with van der Waals surface area (Å²) >= 11 is 0. The van der Waals surface area contributed by atoms with Crippen LogP contribution >= 0.6 is 0 Å². The highest BCUT2D eigenvalue weighted by molar-refractivity contribution is 5.95. The van der Waals surface area contributed by atoms with Crippen molar-refractivity contribution in [1.29, 1.82) is 0 Å². The Balaban J connectivity index is 2.58. The Morgan fingerprint density at radius 1 is 1.60 bits per heavy atom. The Morgan fingerprint density at radius 3 is 2.93 bits per heavy atom. The van der Waals surface area contributed by atoms with Gasteiger partial charge in [-0.2, -0.15) is 4.39 Å². The molecule has 0 bridgehead atoms. The highest BCUT2D eigenvalue weighted by Crippen LogP contribution is 1.99. The molecule has 0 spiro atoms. The van der Waals surface area contributed by atoms with Crippen molar-refractivity contribution < 1.29 is 18.7 Å². The summed E-state index contributed by atoms with van der Waals surface area (Å²) in [6.07, 6.45) is 1.17. The third kappa shape index (κ3) is 3.34. The van der Waals surface area contributed by atoms with Crippen LogP contribution in [0.3, 0.4) is 0 Å². The molecule has 15 heavy (non-hydrogen) atoms. The summed E-state index contributed by atoms with van der Waals surface area (Å²) < 4.78 is 16.9. The molecular weight excluding hydrogens is 203 g/mol. The van der Waals surface area contributed by atoms with Gasteiger partial charge >= 0.3 is 5.97 Å². The van der Waals surface area contributed by atoms with Crippen LogP contribution in [0.1, 0.15) is 10.4 Å². The number of rotatable bonds is 3. The minimum Gasteiger partial charge on any atom is -0.468 e. The molecule has 0 aliphatic carbocycles. The third-order valence-corrected chi connectivity index (χ3v) is 1.61. The van der Waals surface area contributed by atoms with Crippen LogP contribution in [-0.4, -0.2) is 30.5 Å². The van der Waals surface area contributed by atoms with Gasteiger partial charge in [-0.15, -0.1) is 0 Å². The summed E-state index contributed by atoms with van der Waals surface area (Å²) in [6.45, 7) is -0.251. The van der Waals surface area contributed by atoms with Gasteiger partial charge in [0, 0.05) is 17.8 Å². The Bertz CT molecular complexity index is 381. The number of carbonyl (C=O) groups is 2. The normalized spacial score (nSPS) is 9.47. The fraction of sp³-hybridized carbons (Fsp3) is 0.222. The molecule has 0 saturated heterocycles. The number of hydrogen-bond acceptors (Lipinski definition) is 4. The second-order valence-corrected chi connectivity index (χ2v) is 2.63. The van der Waals surface area contributed by atoms with Crippen LogP contribution < -0.4 is 5.32 Å². The van der Waals surface area contributed by atoms with Gasteiger partial charge in [-0.25, -0.2) is 4.98 Å². The van der Waals surface area contributed by atoms with Gasteiger partial charge in [0.2, 0.25) is 5.95 Å². The van der Waals surface area contributed by atoms with E-state index in [0.29, 0.717) is 0 Å². The summed E-state index contributed by atoms with van der Waals surface area (Å²) in [5.41, 5.74) is 0.103. The van der Waals surface area contributed by atoms with Crippen molar-refractivity contribution in [2.45, 2.75) is 0 Å². The van der Waals surface area contributed by atoms with Crippen molar-refractivity contribution in [3.63, 3.8) is 0 Å². The van der Waals surface area contributed by atoms with Crippen molar-refractivity contribution in [3.8, 4) is 0 Å². The number of carbonyl (C=O) groups excluding carboxylic acids is 2. The third-order valence-electron chi connectivity index (χ3n) is 1.61. The van der Waals surface area contributed by atoms with E-state index >= 15 is 0 Å². The van der Waals surface area contributed by atoms with Crippen LogP contribution in [0.5, 0.6) is 0 Å². The predicted molar refractivity (Wildman–Crippen MR) is 48.5 cm³/mol. The lowest BCUT2D eigenvalue weighted by atomic mass is 10.2. The quantitative estimate of drug-likeness (QED) is 0.571. The number of esters is 1. The van der Waals surface area contributed by atoms with E-state index in [4.69, 9.17) is 0 Å². The molecule has 0 radical (unpaired) electrons. The number of halogens is 1. The molecule has 0 saturated carbocycles. The van der Waals surface area contributed by atoms with E-state index in [1.54, 1.807) is 0 Å². The predicted octanol–water partition coefficient (Wildman–Crippen LogP) is 0.123. The van der Waals surface area contributed by atoms with Crippen molar-refractivity contribution in [1.82, 2.24) is 10.3 Å². The van der Waals surface area contributed by atoms with Gasteiger partial charge in [0.05, 0.1) is 7.11 Å². The van der Waals surface area contributed by atoms with Crippen LogP contribution in [0.2, 0.25) is 0 Å². The smallest absolute Gasteiger partial charge is 0.325 e. The van der Waals surface area contributed by atoms with E-state index in [1.165, 1.54) is 19.4 Å². The van der Waals surface area contributed by atoms with Gasteiger partial charge in [-0.1, -0.05) is 0 Å². The SMILES string of the molecule is COC(=O)CNC(=O)c1ccnc(F)c1. The Kier molecular flexibility index (Phi) is 3.73. The summed E-state index contributed by atoms with van der Waals surface area (Å²) in [4.78, 5) is 25.3. The van der Waals surface area contributed by atoms with Crippen LogP contribution in [0, 0.1) is 5.95 Å². The second-order valence-electron chi connectivity index (χ2n) is 2.63. The number of ether oxygens (including phenoxy) is 1. The first-order valence-electron chi connectivity index (χ1n) is 4.10.